The predicted octanol–water partition coefficient (Wildman–Crippen LogP) is 2.36. The van der Waals surface area contributed by atoms with E-state index in [0.29, 0.717) is 55.1 Å². The summed E-state index contributed by atoms with van der Waals surface area (Å²) in [6.45, 7) is 5.50. The smallest absolute Gasteiger partial charge is 0.236 e. The first-order valence-electron chi connectivity index (χ1n) is 13.4. The molecular formula is C26H38N10O. The molecule has 0 spiro atoms. The summed E-state index contributed by atoms with van der Waals surface area (Å²) in [5, 5.41) is 20.9. The molecule has 3 aliphatic heterocycles. The van der Waals surface area contributed by atoms with Gasteiger partial charge in [0.2, 0.25) is 11.9 Å². The van der Waals surface area contributed by atoms with E-state index in [1.165, 1.54) is 12.8 Å². The highest BCUT2D eigenvalue weighted by Gasteiger charge is 2.39. The molecule has 11 nitrogen and oxygen atoms in total. The minimum atomic E-state index is 0.176. The zero-order chi connectivity index (χ0) is 25.9. The highest BCUT2D eigenvalue weighted by Crippen LogP contribution is 2.40. The maximum Gasteiger partial charge on any atom is 0.236 e. The number of carbonyl (C=O) groups excluding carboxylic acids is 1. The van der Waals surface area contributed by atoms with Crippen LogP contribution in [0.3, 0.4) is 0 Å². The number of piperidine rings is 1. The Morgan fingerprint density at radius 2 is 1.95 bits per heavy atom. The Bertz CT molecular complexity index is 1140. The zero-order valence-corrected chi connectivity index (χ0v) is 22.2. The molecule has 5 heterocycles. The molecule has 2 N–H and O–H groups in total. The summed E-state index contributed by atoms with van der Waals surface area (Å²) < 4.78 is 2.11. The standard InChI is InChI=1S/C26H38N10O/c1-18-23(16-36(32-18)22-12-20-6-7-21(13-22)34(20)3)30-26-29-15-19(14-27)25(31-26)28-8-4-10-35-11-5-9-33(2)17-24(35)37/h15-16,20-22H,4-13,17H2,1-3H3,(H2,28,29,30,31). The van der Waals surface area contributed by atoms with Crippen LogP contribution in [0, 0.1) is 18.3 Å². The molecule has 0 aromatic carbocycles. The number of hydrogen-bond donors (Lipinski definition) is 2. The molecule has 5 rings (SSSR count). The second-order valence-corrected chi connectivity index (χ2v) is 10.7. The van der Waals surface area contributed by atoms with Crippen molar-refractivity contribution in [2.45, 2.75) is 63.6 Å². The number of carbonyl (C=O) groups is 1. The maximum absolute atomic E-state index is 12.4. The highest BCUT2D eigenvalue weighted by molar-refractivity contribution is 5.78. The average Bonchev–Trinajstić information content (AvgIpc) is 3.24. The maximum atomic E-state index is 12.4. The van der Waals surface area contributed by atoms with E-state index in [-0.39, 0.29) is 5.91 Å². The number of likely N-dealkylation sites (N-methyl/N-ethyl adjacent to an activating group) is 1. The fourth-order valence-electron chi connectivity index (χ4n) is 5.95. The Morgan fingerprint density at radius 3 is 2.70 bits per heavy atom. The molecule has 1 amide bonds. The molecule has 2 atom stereocenters. The molecule has 3 aliphatic rings. The van der Waals surface area contributed by atoms with E-state index in [1.807, 2.05) is 18.9 Å². The largest absolute Gasteiger partial charge is 0.369 e. The van der Waals surface area contributed by atoms with Crippen LogP contribution in [0.25, 0.3) is 0 Å². The summed E-state index contributed by atoms with van der Waals surface area (Å²) in [6, 6.07) is 3.89. The van der Waals surface area contributed by atoms with E-state index < -0.39 is 0 Å². The van der Waals surface area contributed by atoms with Gasteiger partial charge in [-0.25, -0.2) is 4.98 Å². The molecular weight excluding hydrogens is 468 g/mol. The van der Waals surface area contributed by atoms with Crippen molar-refractivity contribution in [1.82, 2.24) is 34.4 Å². The van der Waals surface area contributed by atoms with Crippen molar-refractivity contribution in [2.24, 2.45) is 0 Å². The molecule has 37 heavy (non-hydrogen) atoms. The molecule has 2 aromatic heterocycles. The van der Waals surface area contributed by atoms with E-state index >= 15 is 0 Å². The number of nitriles is 1. The first kappa shape index (κ1) is 25.4. The minimum Gasteiger partial charge on any atom is -0.369 e. The van der Waals surface area contributed by atoms with Crippen molar-refractivity contribution in [2.75, 3.05) is 57.5 Å². The van der Waals surface area contributed by atoms with Crippen molar-refractivity contribution in [3.8, 4) is 6.07 Å². The topological polar surface area (TPSA) is 118 Å². The summed E-state index contributed by atoms with van der Waals surface area (Å²) in [4.78, 5) is 27.8. The van der Waals surface area contributed by atoms with Crippen molar-refractivity contribution in [1.29, 1.82) is 5.26 Å². The van der Waals surface area contributed by atoms with Crippen LogP contribution in [-0.4, -0.2) is 99.3 Å². The highest BCUT2D eigenvalue weighted by atomic mass is 16.2. The van der Waals surface area contributed by atoms with Crippen molar-refractivity contribution in [3.05, 3.63) is 23.7 Å². The fourth-order valence-corrected chi connectivity index (χ4v) is 5.95. The first-order valence-corrected chi connectivity index (χ1v) is 13.4. The number of amides is 1. The van der Waals surface area contributed by atoms with Crippen LogP contribution < -0.4 is 10.6 Å². The molecule has 3 fully saturated rings. The predicted molar refractivity (Wildman–Crippen MR) is 142 cm³/mol. The van der Waals surface area contributed by atoms with Gasteiger partial charge in [-0.3, -0.25) is 14.4 Å². The minimum absolute atomic E-state index is 0.176. The van der Waals surface area contributed by atoms with Crippen LogP contribution in [0.15, 0.2) is 12.4 Å². The zero-order valence-electron chi connectivity index (χ0n) is 22.2. The molecule has 2 bridgehead atoms. The van der Waals surface area contributed by atoms with Crippen LogP contribution in [0.4, 0.5) is 17.5 Å². The molecule has 2 unspecified atom stereocenters. The second kappa shape index (κ2) is 11.0. The molecule has 198 valence electrons. The number of anilines is 3. The quantitative estimate of drug-likeness (QED) is 0.520. The van der Waals surface area contributed by atoms with E-state index in [4.69, 9.17) is 5.10 Å². The third-order valence-corrected chi connectivity index (χ3v) is 8.14. The van der Waals surface area contributed by atoms with Crippen molar-refractivity contribution >= 4 is 23.4 Å². The van der Waals surface area contributed by atoms with Crippen LogP contribution in [0.2, 0.25) is 0 Å². The van der Waals surface area contributed by atoms with E-state index in [2.05, 4.69) is 54.4 Å². The second-order valence-electron chi connectivity index (χ2n) is 10.7. The van der Waals surface area contributed by atoms with Gasteiger partial charge in [-0.1, -0.05) is 0 Å². The average molecular weight is 507 g/mol. The molecule has 2 aromatic rings. The van der Waals surface area contributed by atoms with Gasteiger partial charge in [-0.2, -0.15) is 15.3 Å². The number of aromatic nitrogens is 4. The van der Waals surface area contributed by atoms with Crippen LogP contribution in [-0.2, 0) is 4.79 Å². The Hall–Kier alpha value is -3.23. The summed E-state index contributed by atoms with van der Waals surface area (Å²) in [7, 11) is 4.23. The third kappa shape index (κ3) is 5.70. The SMILES string of the molecule is Cc1nn(C2CC3CCC(C2)N3C)cc1Nc1ncc(C#N)c(NCCCN2CCCN(C)CC2=O)n1. The van der Waals surface area contributed by atoms with E-state index in [9.17, 15) is 10.1 Å². The lowest BCUT2D eigenvalue weighted by Gasteiger charge is -2.36. The fraction of sp³-hybridized carbons (Fsp3) is 0.654. The Kier molecular flexibility index (Phi) is 7.58. The van der Waals surface area contributed by atoms with Crippen LogP contribution >= 0.6 is 0 Å². The van der Waals surface area contributed by atoms with Gasteiger partial charge in [0.15, 0.2) is 0 Å². The van der Waals surface area contributed by atoms with Crippen molar-refractivity contribution < 1.29 is 4.79 Å². The molecule has 3 saturated heterocycles. The number of rotatable bonds is 8. The number of nitrogens with zero attached hydrogens (tertiary/aromatic N) is 8. The third-order valence-electron chi connectivity index (χ3n) is 8.14. The van der Waals surface area contributed by atoms with E-state index in [1.54, 1.807) is 6.20 Å². The van der Waals surface area contributed by atoms with Gasteiger partial charge in [0.25, 0.3) is 0 Å². The number of nitrogens with one attached hydrogen (secondary N) is 2. The normalized spacial score (nSPS) is 24.6. The first-order chi connectivity index (χ1) is 17.9. The van der Waals surface area contributed by atoms with Crippen molar-refractivity contribution in [3.63, 3.8) is 0 Å². The lowest BCUT2D eigenvalue weighted by Crippen LogP contribution is -2.40. The lowest BCUT2D eigenvalue weighted by atomic mass is 9.98. The Balaban J connectivity index is 1.19. The number of hydrogen-bond acceptors (Lipinski definition) is 9. The summed E-state index contributed by atoms with van der Waals surface area (Å²) in [6.07, 6.45) is 10.2. The molecule has 0 radical (unpaired) electrons. The lowest BCUT2D eigenvalue weighted by molar-refractivity contribution is -0.130. The van der Waals surface area contributed by atoms with Gasteiger partial charge in [0.1, 0.15) is 17.5 Å². The molecule has 11 heteroatoms. The van der Waals surface area contributed by atoms with Crippen LogP contribution in [0.1, 0.15) is 55.8 Å². The number of fused-ring (bicyclic) bond motifs is 2. The summed E-state index contributed by atoms with van der Waals surface area (Å²) >= 11 is 0. The van der Waals surface area contributed by atoms with Gasteiger partial charge in [0.05, 0.1) is 30.2 Å². The van der Waals surface area contributed by atoms with Gasteiger partial charge >= 0.3 is 0 Å². The van der Waals surface area contributed by atoms with Gasteiger partial charge < -0.3 is 20.4 Å². The van der Waals surface area contributed by atoms with Gasteiger partial charge in [-0.05, 0) is 59.5 Å². The summed E-state index contributed by atoms with van der Waals surface area (Å²) in [5.41, 5.74) is 2.18. The Morgan fingerprint density at radius 1 is 1.16 bits per heavy atom. The Labute approximate surface area is 218 Å². The van der Waals surface area contributed by atoms with Gasteiger partial charge in [-0.15, -0.1) is 0 Å². The molecule has 0 aliphatic carbocycles. The molecule has 0 saturated carbocycles. The van der Waals surface area contributed by atoms with Gasteiger partial charge in [0, 0.05) is 44.5 Å². The number of aryl methyl sites for hydroxylation is 1. The monoisotopic (exact) mass is 506 g/mol. The summed E-state index contributed by atoms with van der Waals surface area (Å²) in [5.74, 6) is 1.10. The van der Waals surface area contributed by atoms with E-state index in [0.717, 1.165) is 50.2 Å². The van der Waals surface area contributed by atoms with Crippen LogP contribution in [0.5, 0.6) is 0 Å².